The molecule has 3 amide bonds. The SMILES string of the molecule is Cc1cnc(NC(=O)CN2C(=O)[C@H](C)NC(=O)c3ccccc32)s1. The number of rotatable bonds is 3. The molecule has 0 aliphatic carbocycles. The highest BCUT2D eigenvalue weighted by atomic mass is 32.1. The summed E-state index contributed by atoms with van der Waals surface area (Å²) in [6.45, 7) is 3.30. The van der Waals surface area contributed by atoms with Gasteiger partial charge < -0.3 is 15.5 Å². The molecule has 2 aromatic rings. The highest BCUT2D eigenvalue weighted by Crippen LogP contribution is 2.24. The molecule has 1 aliphatic rings. The van der Waals surface area contributed by atoms with Crippen LogP contribution in [0.4, 0.5) is 10.8 Å². The molecule has 0 spiro atoms. The maximum Gasteiger partial charge on any atom is 0.254 e. The average Bonchev–Trinajstić information content (AvgIpc) is 2.93. The first-order valence-electron chi connectivity index (χ1n) is 7.39. The van der Waals surface area contributed by atoms with E-state index >= 15 is 0 Å². The number of thiazole rings is 1. The molecule has 0 saturated heterocycles. The molecule has 0 fully saturated rings. The number of para-hydroxylation sites is 1. The van der Waals surface area contributed by atoms with Crippen LogP contribution in [0.15, 0.2) is 30.5 Å². The molecule has 2 heterocycles. The molecule has 7 nitrogen and oxygen atoms in total. The monoisotopic (exact) mass is 344 g/mol. The van der Waals surface area contributed by atoms with Gasteiger partial charge in [0.05, 0.1) is 11.3 Å². The summed E-state index contributed by atoms with van der Waals surface area (Å²) in [5, 5.41) is 5.79. The van der Waals surface area contributed by atoms with Gasteiger partial charge in [-0.05, 0) is 26.0 Å². The van der Waals surface area contributed by atoms with Crippen molar-refractivity contribution in [2.45, 2.75) is 19.9 Å². The molecule has 124 valence electrons. The van der Waals surface area contributed by atoms with Crippen molar-refractivity contribution in [3.63, 3.8) is 0 Å². The van der Waals surface area contributed by atoms with E-state index in [4.69, 9.17) is 0 Å². The number of aryl methyl sites for hydroxylation is 1. The smallest absolute Gasteiger partial charge is 0.254 e. The Balaban J connectivity index is 1.86. The zero-order valence-electron chi connectivity index (χ0n) is 13.2. The Kier molecular flexibility index (Phi) is 4.30. The van der Waals surface area contributed by atoms with Crippen molar-refractivity contribution in [3.8, 4) is 0 Å². The van der Waals surface area contributed by atoms with Crippen molar-refractivity contribution in [2.24, 2.45) is 0 Å². The van der Waals surface area contributed by atoms with Crippen molar-refractivity contribution >= 4 is 39.9 Å². The molecule has 24 heavy (non-hydrogen) atoms. The third-order valence-electron chi connectivity index (χ3n) is 3.59. The van der Waals surface area contributed by atoms with Gasteiger partial charge in [-0.2, -0.15) is 0 Å². The first-order valence-corrected chi connectivity index (χ1v) is 8.21. The lowest BCUT2D eigenvalue weighted by atomic mass is 10.1. The largest absolute Gasteiger partial charge is 0.340 e. The lowest BCUT2D eigenvalue weighted by molar-refractivity contribution is -0.122. The van der Waals surface area contributed by atoms with Gasteiger partial charge in [0, 0.05) is 11.1 Å². The number of hydrogen-bond acceptors (Lipinski definition) is 5. The predicted molar refractivity (Wildman–Crippen MR) is 91.2 cm³/mol. The summed E-state index contributed by atoms with van der Waals surface area (Å²) in [4.78, 5) is 43.4. The fourth-order valence-electron chi connectivity index (χ4n) is 2.47. The number of nitrogens with one attached hydrogen (secondary N) is 2. The molecule has 2 N–H and O–H groups in total. The van der Waals surface area contributed by atoms with Gasteiger partial charge in [-0.15, -0.1) is 11.3 Å². The van der Waals surface area contributed by atoms with Crippen LogP contribution in [0.3, 0.4) is 0 Å². The molecular formula is C16H16N4O3S. The first kappa shape index (κ1) is 16.1. The summed E-state index contributed by atoms with van der Waals surface area (Å²) in [5.74, 6) is -1.03. The first-order chi connectivity index (χ1) is 11.5. The average molecular weight is 344 g/mol. The van der Waals surface area contributed by atoms with Gasteiger partial charge in [-0.25, -0.2) is 4.98 Å². The zero-order chi connectivity index (χ0) is 17.3. The third-order valence-corrected chi connectivity index (χ3v) is 4.42. The van der Waals surface area contributed by atoms with Crippen LogP contribution < -0.4 is 15.5 Å². The van der Waals surface area contributed by atoms with Gasteiger partial charge in [-0.1, -0.05) is 12.1 Å². The maximum absolute atomic E-state index is 12.6. The minimum absolute atomic E-state index is 0.187. The second-order valence-electron chi connectivity index (χ2n) is 5.46. The number of amides is 3. The van der Waals surface area contributed by atoms with Gasteiger partial charge in [0.1, 0.15) is 12.6 Å². The molecule has 0 saturated carbocycles. The van der Waals surface area contributed by atoms with E-state index < -0.39 is 6.04 Å². The van der Waals surface area contributed by atoms with E-state index in [9.17, 15) is 14.4 Å². The van der Waals surface area contributed by atoms with Gasteiger partial charge in [0.25, 0.3) is 5.91 Å². The van der Waals surface area contributed by atoms with Gasteiger partial charge in [0.2, 0.25) is 11.8 Å². The lowest BCUT2D eigenvalue weighted by Crippen LogP contribution is -2.46. The molecular weight excluding hydrogens is 328 g/mol. The number of aromatic nitrogens is 1. The topological polar surface area (TPSA) is 91.4 Å². The van der Waals surface area contributed by atoms with E-state index in [0.717, 1.165) is 4.88 Å². The number of benzene rings is 1. The summed E-state index contributed by atoms with van der Waals surface area (Å²) in [7, 11) is 0. The number of fused-ring (bicyclic) bond motifs is 1. The molecule has 0 unspecified atom stereocenters. The Bertz CT molecular complexity index is 817. The number of nitrogens with zero attached hydrogens (tertiary/aromatic N) is 2. The Morgan fingerprint density at radius 2 is 2.12 bits per heavy atom. The lowest BCUT2D eigenvalue weighted by Gasteiger charge is -2.23. The number of carbonyl (C=O) groups is 3. The molecule has 1 aromatic heterocycles. The summed E-state index contributed by atoms with van der Waals surface area (Å²) >= 11 is 1.36. The minimum Gasteiger partial charge on any atom is -0.340 e. The summed E-state index contributed by atoms with van der Waals surface area (Å²) in [6, 6.07) is 6.02. The molecule has 1 atom stereocenters. The molecule has 8 heteroatoms. The van der Waals surface area contributed by atoms with Crippen LogP contribution in [0.5, 0.6) is 0 Å². The van der Waals surface area contributed by atoms with E-state index in [2.05, 4.69) is 15.6 Å². The maximum atomic E-state index is 12.6. The Morgan fingerprint density at radius 3 is 2.83 bits per heavy atom. The van der Waals surface area contributed by atoms with Crippen LogP contribution in [0.25, 0.3) is 0 Å². The predicted octanol–water partition coefficient (Wildman–Crippen LogP) is 1.56. The second kappa shape index (κ2) is 6.40. The van der Waals surface area contributed by atoms with Crippen molar-refractivity contribution in [2.75, 3.05) is 16.8 Å². The van der Waals surface area contributed by atoms with Crippen LogP contribution >= 0.6 is 11.3 Å². The highest BCUT2D eigenvalue weighted by molar-refractivity contribution is 7.15. The molecule has 3 rings (SSSR count). The van der Waals surface area contributed by atoms with Crippen LogP contribution in [0, 0.1) is 6.92 Å². The Morgan fingerprint density at radius 1 is 1.38 bits per heavy atom. The standard InChI is InChI=1S/C16H16N4O3S/c1-9-7-17-16(24-9)19-13(21)8-20-12-6-4-3-5-11(12)14(22)18-10(2)15(20)23/h3-7,10H,8H2,1-2H3,(H,18,22)(H,17,19,21)/t10-/m0/s1. The fourth-order valence-corrected chi connectivity index (χ4v) is 3.15. The Labute approximate surface area is 142 Å². The third kappa shape index (κ3) is 3.13. The summed E-state index contributed by atoms with van der Waals surface area (Å²) in [5.41, 5.74) is 0.794. The highest BCUT2D eigenvalue weighted by Gasteiger charge is 2.32. The molecule has 0 bridgehead atoms. The van der Waals surface area contributed by atoms with Crippen molar-refractivity contribution in [1.29, 1.82) is 0 Å². The van der Waals surface area contributed by atoms with Crippen molar-refractivity contribution in [3.05, 3.63) is 40.9 Å². The minimum atomic E-state index is -0.709. The van der Waals surface area contributed by atoms with Crippen molar-refractivity contribution < 1.29 is 14.4 Å². The quantitative estimate of drug-likeness (QED) is 0.884. The van der Waals surface area contributed by atoms with E-state index in [1.54, 1.807) is 37.4 Å². The van der Waals surface area contributed by atoms with Crippen LogP contribution in [0.2, 0.25) is 0 Å². The summed E-state index contributed by atoms with van der Waals surface area (Å²) < 4.78 is 0. The summed E-state index contributed by atoms with van der Waals surface area (Å²) in [6.07, 6.45) is 1.66. The molecule has 1 aromatic carbocycles. The van der Waals surface area contributed by atoms with Crippen LogP contribution in [0.1, 0.15) is 22.2 Å². The number of anilines is 2. The van der Waals surface area contributed by atoms with E-state index in [1.165, 1.54) is 16.2 Å². The second-order valence-corrected chi connectivity index (χ2v) is 6.70. The van der Waals surface area contributed by atoms with E-state index in [0.29, 0.717) is 16.4 Å². The van der Waals surface area contributed by atoms with Crippen LogP contribution in [-0.4, -0.2) is 35.3 Å². The van der Waals surface area contributed by atoms with E-state index in [-0.39, 0.29) is 24.3 Å². The van der Waals surface area contributed by atoms with Crippen molar-refractivity contribution in [1.82, 2.24) is 10.3 Å². The molecule has 0 radical (unpaired) electrons. The number of carbonyl (C=O) groups excluding carboxylic acids is 3. The number of hydrogen-bond donors (Lipinski definition) is 2. The van der Waals surface area contributed by atoms with Gasteiger partial charge >= 0.3 is 0 Å². The Hall–Kier alpha value is -2.74. The van der Waals surface area contributed by atoms with Crippen LogP contribution in [-0.2, 0) is 9.59 Å². The fraction of sp³-hybridized carbons (Fsp3) is 0.250. The van der Waals surface area contributed by atoms with Gasteiger partial charge in [-0.3, -0.25) is 14.4 Å². The van der Waals surface area contributed by atoms with E-state index in [1.807, 2.05) is 6.92 Å². The molecule has 1 aliphatic heterocycles. The zero-order valence-corrected chi connectivity index (χ0v) is 14.0. The normalized spacial score (nSPS) is 17.1. The van der Waals surface area contributed by atoms with Gasteiger partial charge in [0.15, 0.2) is 5.13 Å².